The van der Waals surface area contributed by atoms with E-state index in [4.69, 9.17) is 63.4 Å². The van der Waals surface area contributed by atoms with Gasteiger partial charge in [-0.1, -0.05) is 46.4 Å². The Kier molecular flexibility index (Phi) is 3.82. The van der Waals surface area contributed by atoms with Gasteiger partial charge in [-0.3, -0.25) is 0 Å². The minimum Gasteiger partial charge on any atom is -0.508 e. The molecule has 0 bridgehead atoms. The van der Waals surface area contributed by atoms with Crippen molar-refractivity contribution in [2.45, 2.75) is 12.1 Å². The highest BCUT2D eigenvalue weighted by molar-refractivity contribution is 6.37. The van der Waals surface area contributed by atoms with Crippen LogP contribution in [0.4, 0.5) is 0 Å². The first-order valence-corrected chi connectivity index (χ1v) is 7.29. The van der Waals surface area contributed by atoms with Gasteiger partial charge in [0.05, 0.1) is 37.7 Å². The molecular formula is C14H12Cl4N2O2. The summed E-state index contributed by atoms with van der Waals surface area (Å²) in [5.74, 6) is -1.43. The van der Waals surface area contributed by atoms with Gasteiger partial charge >= 0.3 is 0 Å². The topological polar surface area (TPSA) is 92.5 Å². The molecule has 0 fully saturated rings. The smallest absolute Gasteiger partial charge is 0.118 e. The molecule has 8 heteroatoms. The SMILES string of the molecule is [3H]c1c(O)c([3H])c(Cl)c([C@@H](N)[C@@H](N)c2c(Cl)c([3H])c(O)c([3H])c2Cl)c1Cl. The zero-order valence-electron chi connectivity index (χ0n) is 14.7. The van der Waals surface area contributed by atoms with Gasteiger partial charge in [-0.15, -0.1) is 0 Å². The van der Waals surface area contributed by atoms with E-state index < -0.39 is 47.8 Å². The Morgan fingerprint density at radius 3 is 1.18 bits per heavy atom. The molecule has 0 heterocycles. The molecule has 0 saturated carbocycles. The molecule has 0 aliphatic carbocycles. The Labute approximate surface area is 152 Å². The lowest BCUT2D eigenvalue weighted by Crippen LogP contribution is -2.27. The summed E-state index contributed by atoms with van der Waals surface area (Å²) in [7, 11) is 0. The van der Waals surface area contributed by atoms with Crippen LogP contribution in [0.5, 0.6) is 11.5 Å². The average molecular weight is 390 g/mol. The second-order valence-corrected chi connectivity index (χ2v) is 5.84. The average Bonchev–Trinajstić information content (AvgIpc) is 2.61. The fourth-order valence-corrected chi connectivity index (χ4v) is 3.22. The molecule has 2 aromatic carbocycles. The largest absolute Gasteiger partial charge is 0.508 e. The summed E-state index contributed by atoms with van der Waals surface area (Å²) in [6.07, 6.45) is 0. The van der Waals surface area contributed by atoms with E-state index in [1.54, 1.807) is 0 Å². The van der Waals surface area contributed by atoms with Crippen molar-refractivity contribution >= 4 is 46.4 Å². The number of phenols is 2. The normalized spacial score (nSPS) is 16.5. The number of hydrogen-bond donors (Lipinski definition) is 4. The molecule has 0 aliphatic rings. The van der Waals surface area contributed by atoms with E-state index in [1.165, 1.54) is 0 Å². The van der Waals surface area contributed by atoms with Gasteiger partial charge in [-0.2, -0.15) is 0 Å². The molecule has 0 unspecified atom stereocenters. The van der Waals surface area contributed by atoms with Crippen LogP contribution in [-0.2, 0) is 0 Å². The Bertz CT molecular complexity index is 782. The zero-order valence-corrected chi connectivity index (χ0v) is 13.7. The van der Waals surface area contributed by atoms with Crippen molar-refractivity contribution in [3.05, 3.63) is 55.4 Å². The van der Waals surface area contributed by atoms with Crippen LogP contribution in [-0.4, -0.2) is 10.2 Å². The molecule has 2 atom stereocenters. The predicted molar refractivity (Wildman–Crippen MR) is 90.1 cm³/mol. The number of benzene rings is 2. The summed E-state index contributed by atoms with van der Waals surface area (Å²) in [5.41, 5.74) is 12.0. The van der Waals surface area contributed by atoms with Crippen molar-refractivity contribution in [1.29, 1.82) is 0 Å². The molecule has 2 aromatic rings. The van der Waals surface area contributed by atoms with E-state index in [0.29, 0.717) is 0 Å². The van der Waals surface area contributed by atoms with E-state index in [9.17, 15) is 10.2 Å². The van der Waals surface area contributed by atoms with Gasteiger partial charge in [0.1, 0.15) is 11.5 Å². The summed E-state index contributed by atoms with van der Waals surface area (Å²) in [5, 5.41) is 18.1. The molecule has 6 N–H and O–H groups in total. The lowest BCUT2D eigenvalue weighted by molar-refractivity contribution is 0.473. The first-order valence-electron chi connectivity index (χ1n) is 7.78. The number of hydrogen-bond acceptors (Lipinski definition) is 4. The first kappa shape index (κ1) is 12.5. The number of nitrogens with two attached hydrogens (primary N) is 2. The van der Waals surface area contributed by atoms with Gasteiger partial charge in [0.25, 0.3) is 0 Å². The van der Waals surface area contributed by atoms with Crippen LogP contribution < -0.4 is 11.5 Å². The lowest BCUT2D eigenvalue weighted by atomic mass is 9.94. The first-order chi connectivity index (χ1) is 11.9. The van der Waals surface area contributed by atoms with Crippen LogP contribution in [0, 0.1) is 0 Å². The molecule has 118 valence electrons. The molecule has 0 spiro atoms. The van der Waals surface area contributed by atoms with Crippen LogP contribution in [0.1, 0.15) is 28.7 Å². The number of phenolic OH excluding ortho intramolecular Hbond substituents is 2. The van der Waals surface area contributed by atoms with E-state index >= 15 is 0 Å². The minimum absolute atomic E-state index is 0.0908. The monoisotopic (exact) mass is 388 g/mol. The maximum atomic E-state index is 9.69. The van der Waals surface area contributed by atoms with Crippen molar-refractivity contribution in [3.8, 4) is 11.5 Å². The molecule has 2 rings (SSSR count). The molecule has 0 amide bonds. The van der Waals surface area contributed by atoms with E-state index in [2.05, 4.69) is 0 Å². The van der Waals surface area contributed by atoms with E-state index in [1.807, 2.05) is 0 Å². The molecule has 4 nitrogen and oxygen atoms in total. The summed E-state index contributed by atoms with van der Waals surface area (Å²) < 4.78 is 31.0. The van der Waals surface area contributed by atoms with Crippen LogP contribution in [0.15, 0.2) is 24.2 Å². The van der Waals surface area contributed by atoms with Gasteiger partial charge in [0.15, 0.2) is 0 Å². The van der Waals surface area contributed by atoms with Crippen LogP contribution in [0.2, 0.25) is 20.1 Å². The molecule has 0 aliphatic heterocycles. The second-order valence-electron chi connectivity index (χ2n) is 4.33. The van der Waals surface area contributed by atoms with Crippen LogP contribution in [0.3, 0.4) is 0 Å². The number of halogens is 4. The quantitative estimate of drug-likeness (QED) is 0.625. The van der Waals surface area contributed by atoms with Crippen molar-refractivity contribution < 1.29 is 15.7 Å². The maximum Gasteiger partial charge on any atom is 0.118 e. The third-order valence-corrected chi connectivity index (χ3v) is 4.10. The lowest BCUT2D eigenvalue weighted by Gasteiger charge is -2.24. The van der Waals surface area contributed by atoms with Gasteiger partial charge < -0.3 is 21.7 Å². The maximum absolute atomic E-state index is 9.69. The highest BCUT2D eigenvalue weighted by atomic mass is 35.5. The fraction of sp³-hybridized carbons (Fsp3) is 0.143. The Morgan fingerprint density at radius 2 is 0.955 bits per heavy atom. The van der Waals surface area contributed by atoms with Crippen molar-refractivity contribution in [3.63, 3.8) is 0 Å². The third kappa shape index (κ3) is 3.38. The molecule has 22 heavy (non-hydrogen) atoms. The standard InChI is InChI=1S/C14H12Cl4N2O2/c15-7-1-5(21)2-8(16)11(7)13(19)14(20)12-9(17)3-6(22)4-10(12)18/h1-4,13-14,21-22H,19-20H2/t13-,14+/i1T,2T,3T,4T. The number of aromatic hydroxyl groups is 2. The fourth-order valence-electron chi connectivity index (χ4n) is 1.88. The van der Waals surface area contributed by atoms with E-state index in [0.717, 1.165) is 0 Å². The molecule has 0 aromatic heterocycles. The Hall–Kier alpha value is -0.880. The predicted octanol–water partition coefficient (Wildman–Crippen LogP) is 4.41. The molecular weight excluding hydrogens is 370 g/mol. The van der Waals surface area contributed by atoms with Gasteiger partial charge in [0, 0.05) is 11.1 Å². The summed E-state index contributed by atoms with van der Waals surface area (Å²) in [6, 6.07) is -4.70. The summed E-state index contributed by atoms with van der Waals surface area (Å²) >= 11 is 24.2. The highest BCUT2D eigenvalue weighted by Gasteiger charge is 2.26. The second kappa shape index (κ2) is 6.71. The number of rotatable bonds is 3. The van der Waals surface area contributed by atoms with Crippen LogP contribution in [0.25, 0.3) is 0 Å². The molecule has 0 saturated heterocycles. The summed E-state index contributed by atoms with van der Waals surface area (Å²) in [4.78, 5) is 0. The van der Waals surface area contributed by atoms with Gasteiger partial charge in [-0.05, 0) is 24.2 Å². The minimum atomic E-state index is -1.25. The van der Waals surface area contributed by atoms with Crippen LogP contribution >= 0.6 is 46.4 Å². The highest BCUT2D eigenvalue weighted by Crippen LogP contribution is 2.41. The summed E-state index contributed by atoms with van der Waals surface area (Å²) in [6.45, 7) is 0. The van der Waals surface area contributed by atoms with E-state index in [-0.39, 0.29) is 31.2 Å². The van der Waals surface area contributed by atoms with Gasteiger partial charge in [-0.25, -0.2) is 0 Å². The molecule has 0 radical (unpaired) electrons. The Morgan fingerprint density at radius 1 is 0.727 bits per heavy atom. The van der Waals surface area contributed by atoms with Gasteiger partial charge in [0.2, 0.25) is 0 Å². The zero-order chi connectivity index (χ0) is 20.1. The van der Waals surface area contributed by atoms with Crippen molar-refractivity contribution in [1.82, 2.24) is 0 Å². The Balaban J connectivity index is 2.69. The van der Waals surface area contributed by atoms with Crippen molar-refractivity contribution in [2.24, 2.45) is 11.5 Å². The third-order valence-electron chi connectivity index (χ3n) is 2.91. The van der Waals surface area contributed by atoms with Crippen molar-refractivity contribution in [2.75, 3.05) is 0 Å².